The summed E-state index contributed by atoms with van der Waals surface area (Å²) in [5.74, 6) is 1.21. The minimum Gasteiger partial charge on any atom is -0.508 e. The highest BCUT2D eigenvalue weighted by Crippen LogP contribution is 2.35. The van der Waals surface area contributed by atoms with Gasteiger partial charge in [-0.2, -0.15) is 0 Å². The SMILES string of the molecule is C.CCOC(=O)c1ccc2cc(O)ccc2c1OC.CCOC(=O)c1ccc2cc(OC3CCCCO3)ccc2c1O.CCOC(=O)c1ccc2cc(OC3CCCCO3)ccc2c1OC. The van der Waals surface area contributed by atoms with Crippen LogP contribution < -0.4 is 18.9 Å². The molecule has 352 valence electrons. The lowest BCUT2D eigenvalue weighted by molar-refractivity contribution is -0.106. The zero-order chi connectivity index (χ0) is 46.3. The van der Waals surface area contributed by atoms with Gasteiger partial charge in [-0.25, -0.2) is 14.4 Å². The first-order valence-corrected chi connectivity index (χ1v) is 21.8. The van der Waals surface area contributed by atoms with Crippen LogP contribution >= 0.6 is 0 Å². The van der Waals surface area contributed by atoms with Crippen molar-refractivity contribution in [1.29, 1.82) is 0 Å². The lowest BCUT2D eigenvalue weighted by Crippen LogP contribution is -2.24. The molecular formula is C52H60O14. The van der Waals surface area contributed by atoms with E-state index >= 15 is 0 Å². The number of phenolic OH excluding ortho intramolecular Hbond substituents is 2. The fraction of sp³-hybridized carbons (Fsp3) is 0.365. The van der Waals surface area contributed by atoms with Gasteiger partial charge < -0.3 is 52.8 Å². The summed E-state index contributed by atoms with van der Waals surface area (Å²) >= 11 is 0. The van der Waals surface area contributed by atoms with E-state index in [1.807, 2.05) is 30.3 Å². The molecule has 14 nitrogen and oxygen atoms in total. The number of aromatic hydroxyl groups is 2. The third-order valence-electron chi connectivity index (χ3n) is 10.6. The summed E-state index contributed by atoms with van der Waals surface area (Å²) in [4.78, 5) is 35.7. The topological polar surface area (TPSA) is 175 Å². The van der Waals surface area contributed by atoms with Crippen molar-refractivity contribution in [2.45, 2.75) is 79.3 Å². The molecule has 2 fully saturated rings. The zero-order valence-electron chi connectivity index (χ0n) is 37.4. The van der Waals surface area contributed by atoms with Crippen LogP contribution in [0.3, 0.4) is 0 Å². The summed E-state index contributed by atoms with van der Waals surface area (Å²) in [6.07, 6.45) is 5.77. The number of methoxy groups -OCH3 is 2. The van der Waals surface area contributed by atoms with Gasteiger partial charge in [0.2, 0.25) is 0 Å². The van der Waals surface area contributed by atoms with Crippen molar-refractivity contribution < 1.29 is 67.2 Å². The van der Waals surface area contributed by atoms with Crippen LogP contribution in [0.2, 0.25) is 0 Å². The maximum atomic E-state index is 12.1. The van der Waals surface area contributed by atoms with Crippen LogP contribution in [0.4, 0.5) is 0 Å². The van der Waals surface area contributed by atoms with Gasteiger partial charge in [-0.15, -0.1) is 0 Å². The van der Waals surface area contributed by atoms with E-state index in [1.165, 1.54) is 7.11 Å². The van der Waals surface area contributed by atoms with Crippen molar-refractivity contribution in [3.8, 4) is 34.5 Å². The van der Waals surface area contributed by atoms with Crippen LogP contribution in [0.25, 0.3) is 32.3 Å². The minimum atomic E-state index is -0.525. The van der Waals surface area contributed by atoms with E-state index in [0.717, 1.165) is 84.4 Å². The van der Waals surface area contributed by atoms with Crippen molar-refractivity contribution in [1.82, 2.24) is 0 Å². The molecule has 2 aliphatic rings. The number of hydrogen-bond acceptors (Lipinski definition) is 14. The van der Waals surface area contributed by atoms with Crippen LogP contribution in [0.1, 0.15) is 97.8 Å². The molecule has 66 heavy (non-hydrogen) atoms. The normalized spacial score (nSPS) is 15.4. The molecule has 0 radical (unpaired) electrons. The largest absolute Gasteiger partial charge is 0.508 e. The van der Waals surface area contributed by atoms with Gasteiger partial charge in [0, 0.05) is 29.0 Å². The second-order valence-electron chi connectivity index (χ2n) is 14.9. The van der Waals surface area contributed by atoms with Crippen LogP contribution in [0.5, 0.6) is 34.5 Å². The van der Waals surface area contributed by atoms with Gasteiger partial charge in [-0.05, 0) is 135 Å². The molecule has 2 saturated heterocycles. The molecule has 0 amide bonds. The van der Waals surface area contributed by atoms with E-state index in [2.05, 4.69) is 0 Å². The standard InChI is InChI=1S/C19H22O5.C18H20O5.C14H14O4.CH4/c1-3-22-19(20)16-9-7-13-12-14(8-10-15(13)18(16)21-2)24-17-6-4-5-11-23-17;1-2-21-18(20)15-8-6-12-11-13(7-9-14(12)17(15)19)23-16-5-3-4-10-22-16;1-3-18-14(16)12-6-4-9-8-10(15)5-7-11(9)13(12)17-2;/h7-10,12,17H,3-6,11H2,1-2H3;6-9,11,16,19H,2-5,10H2,1H3;4-8,15H,3H2,1-2H3;1H4. The molecular weight excluding hydrogens is 849 g/mol. The van der Waals surface area contributed by atoms with Crippen molar-refractivity contribution in [2.75, 3.05) is 47.3 Å². The zero-order valence-corrected chi connectivity index (χ0v) is 37.4. The van der Waals surface area contributed by atoms with Crippen molar-refractivity contribution in [3.63, 3.8) is 0 Å². The molecule has 6 aromatic rings. The summed E-state index contributed by atoms with van der Waals surface area (Å²) in [6, 6.07) is 26.3. The van der Waals surface area contributed by atoms with Crippen LogP contribution in [-0.2, 0) is 23.7 Å². The Hall–Kier alpha value is -6.77. The molecule has 2 unspecified atom stereocenters. The molecule has 0 aromatic heterocycles. The average molecular weight is 909 g/mol. The van der Waals surface area contributed by atoms with E-state index in [0.29, 0.717) is 47.0 Å². The highest BCUT2D eigenvalue weighted by atomic mass is 16.7. The molecule has 0 bridgehead atoms. The predicted molar refractivity (Wildman–Crippen MR) is 251 cm³/mol. The van der Waals surface area contributed by atoms with Crippen molar-refractivity contribution in [2.24, 2.45) is 0 Å². The number of phenols is 2. The average Bonchev–Trinajstić information content (AvgIpc) is 3.32. The second kappa shape index (κ2) is 24.5. The first-order valence-electron chi connectivity index (χ1n) is 21.8. The lowest BCUT2D eigenvalue weighted by atomic mass is 10.0. The van der Waals surface area contributed by atoms with Gasteiger partial charge in [-0.3, -0.25) is 0 Å². The summed E-state index contributed by atoms with van der Waals surface area (Å²) in [6.45, 7) is 7.64. The van der Waals surface area contributed by atoms with Crippen LogP contribution in [0, 0.1) is 0 Å². The molecule has 0 saturated carbocycles. The maximum Gasteiger partial charge on any atom is 0.341 e. The van der Waals surface area contributed by atoms with Gasteiger partial charge in [0.25, 0.3) is 0 Å². The molecule has 6 aromatic carbocycles. The molecule has 2 atom stereocenters. The van der Waals surface area contributed by atoms with Gasteiger partial charge in [0.1, 0.15) is 51.2 Å². The van der Waals surface area contributed by atoms with E-state index < -0.39 is 11.9 Å². The molecule has 0 spiro atoms. The van der Waals surface area contributed by atoms with E-state index in [9.17, 15) is 24.6 Å². The Bertz CT molecular complexity index is 2580. The fourth-order valence-electron chi connectivity index (χ4n) is 7.47. The van der Waals surface area contributed by atoms with Gasteiger partial charge in [0.05, 0.1) is 47.3 Å². The third-order valence-corrected chi connectivity index (χ3v) is 10.6. The van der Waals surface area contributed by atoms with Crippen LogP contribution in [0.15, 0.2) is 91.0 Å². The molecule has 14 heteroatoms. The Morgan fingerprint density at radius 2 is 0.939 bits per heavy atom. The molecule has 2 aliphatic heterocycles. The molecule has 2 heterocycles. The molecule has 2 N–H and O–H groups in total. The van der Waals surface area contributed by atoms with E-state index in [-0.39, 0.29) is 49.6 Å². The monoisotopic (exact) mass is 908 g/mol. The number of hydrogen-bond donors (Lipinski definition) is 2. The number of ether oxygens (including phenoxy) is 9. The number of fused-ring (bicyclic) bond motifs is 3. The highest BCUT2D eigenvalue weighted by Gasteiger charge is 2.21. The number of esters is 3. The molecule has 8 rings (SSSR count). The third kappa shape index (κ3) is 12.5. The van der Waals surface area contributed by atoms with Crippen molar-refractivity contribution >= 4 is 50.2 Å². The smallest absolute Gasteiger partial charge is 0.341 e. The second-order valence-corrected chi connectivity index (χ2v) is 14.9. The molecule has 0 aliphatic carbocycles. The quantitative estimate of drug-likeness (QED) is 0.0876. The number of carbonyl (C=O) groups is 3. The number of rotatable bonds is 12. The van der Waals surface area contributed by atoms with Crippen molar-refractivity contribution in [3.05, 3.63) is 108 Å². The predicted octanol–water partition coefficient (Wildman–Crippen LogP) is 10.9. The number of benzene rings is 6. The van der Waals surface area contributed by atoms with E-state index in [4.69, 9.17) is 42.6 Å². The Balaban J connectivity index is 0.000000186. The highest BCUT2D eigenvalue weighted by molar-refractivity contribution is 6.03. The minimum absolute atomic E-state index is 0. The van der Waals surface area contributed by atoms with Gasteiger partial charge >= 0.3 is 17.9 Å². The van der Waals surface area contributed by atoms with Gasteiger partial charge in [-0.1, -0.05) is 25.6 Å². The summed E-state index contributed by atoms with van der Waals surface area (Å²) in [5.41, 5.74) is 0.984. The van der Waals surface area contributed by atoms with Crippen LogP contribution in [-0.4, -0.2) is 88.0 Å². The maximum absolute atomic E-state index is 12.1. The summed E-state index contributed by atoms with van der Waals surface area (Å²) in [5, 5.41) is 24.5. The first kappa shape index (κ1) is 50.2. The summed E-state index contributed by atoms with van der Waals surface area (Å²) < 4.78 is 48.6. The Labute approximate surface area is 385 Å². The lowest BCUT2D eigenvalue weighted by Gasteiger charge is -2.23. The fourth-order valence-corrected chi connectivity index (χ4v) is 7.47. The van der Waals surface area contributed by atoms with Gasteiger partial charge in [0.15, 0.2) is 12.6 Å². The summed E-state index contributed by atoms with van der Waals surface area (Å²) in [7, 11) is 3.06. The Morgan fingerprint density at radius 1 is 0.530 bits per heavy atom. The Morgan fingerprint density at radius 3 is 1.38 bits per heavy atom. The number of carbonyl (C=O) groups excluding carboxylic acids is 3. The Kier molecular flexibility index (Phi) is 18.6. The first-order chi connectivity index (χ1) is 31.6. The van der Waals surface area contributed by atoms with E-state index in [1.54, 1.807) is 88.5 Å².